The van der Waals surface area contributed by atoms with Crippen molar-refractivity contribution in [2.24, 2.45) is 7.05 Å². The van der Waals surface area contributed by atoms with Gasteiger partial charge in [-0.05, 0) is 39.5 Å². The number of rotatable bonds is 5. The quantitative estimate of drug-likeness (QED) is 0.379. The average molecular weight is 391 g/mol. The maximum absolute atomic E-state index is 12.7. The highest BCUT2D eigenvalue weighted by Gasteiger charge is 2.25. The van der Waals surface area contributed by atoms with E-state index in [0.717, 1.165) is 18.2 Å². The molecule has 0 aromatic carbocycles. The maximum Gasteiger partial charge on any atom is 0.396 e. The predicted molar refractivity (Wildman–Crippen MR) is 96.9 cm³/mol. The number of aryl methyl sites for hydroxylation is 2. The Balaban J connectivity index is 1.97. The molecule has 134 valence electrons. The molecular weight excluding hydrogens is 378 g/mol. The molecule has 0 amide bonds. The highest BCUT2D eigenvalue weighted by atomic mass is 32.2. The number of imidazole rings is 1. The molecule has 0 radical (unpaired) electrons. The summed E-state index contributed by atoms with van der Waals surface area (Å²) in [5, 5.41) is 22.2. The SMILES string of the molecule is CCCn1c(=O)c2sccc2n2c(Sc3c([N+](=O)[O-])ncn3C)nnc12. The van der Waals surface area contributed by atoms with Gasteiger partial charge in [0.25, 0.3) is 5.56 Å². The summed E-state index contributed by atoms with van der Waals surface area (Å²) in [6, 6.07) is 1.83. The minimum absolute atomic E-state index is 0.0974. The van der Waals surface area contributed by atoms with Gasteiger partial charge in [0.15, 0.2) is 5.03 Å². The first-order valence-corrected chi connectivity index (χ1v) is 9.41. The first-order valence-electron chi connectivity index (χ1n) is 7.71. The molecule has 0 saturated heterocycles. The number of nitro groups is 1. The third-order valence-corrected chi connectivity index (χ3v) is 5.86. The summed E-state index contributed by atoms with van der Waals surface area (Å²) in [4.78, 5) is 27.2. The van der Waals surface area contributed by atoms with Crippen LogP contribution in [0.3, 0.4) is 0 Å². The summed E-state index contributed by atoms with van der Waals surface area (Å²) in [5.41, 5.74) is 0.597. The van der Waals surface area contributed by atoms with Gasteiger partial charge < -0.3 is 14.7 Å². The van der Waals surface area contributed by atoms with E-state index in [-0.39, 0.29) is 11.4 Å². The number of aromatic nitrogens is 6. The fourth-order valence-electron chi connectivity index (χ4n) is 2.73. The van der Waals surface area contributed by atoms with Crippen molar-refractivity contribution in [1.82, 2.24) is 28.7 Å². The Morgan fingerprint density at radius 1 is 1.38 bits per heavy atom. The zero-order chi connectivity index (χ0) is 18.4. The summed E-state index contributed by atoms with van der Waals surface area (Å²) in [6.07, 6.45) is 2.16. The predicted octanol–water partition coefficient (Wildman–Crippen LogP) is 2.31. The van der Waals surface area contributed by atoms with Gasteiger partial charge in [0.05, 0.1) is 5.52 Å². The van der Waals surface area contributed by atoms with Gasteiger partial charge >= 0.3 is 5.82 Å². The molecule has 0 spiro atoms. The van der Waals surface area contributed by atoms with E-state index in [9.17, 15) is 14.9 Å². The van der Waals surface area contributed by atoms with Crippen molar-refractivity contribution in [3.63, 3.8) is 0 Å². The number of nitrogens with zero attached hydrogens (tertiary/aromatic N) is 7. The molecule has 4 heterocycles. The van der Waals surface area contributed by atoms with Crippen molar-refractivity contribution < 1.29 is 4.92 Å². The molecule has 12 heteroatoms. The molecule has 10 nitrogen and oxygen atoms in total. The van der Waals surface area contributed by atoms with Crippen LogP contribution in [0.15, 0.2) is 32.8 Å². The van der Waals surface area contributed by atoms with Gasteiger partial charge in [-0.1, -0.05) is 6.92 Å². The number of thiophene rings is 1. The Labute approximate surface area is 154 Å². The number of hydrogen-bond donors (Lipinski definition) is 0. The molecule has 0 bridgehead atoms. The fourth-order valence-corrected chi connectivity index (χ4v) is 4.49. The Hall–Kier alpha value is -2.73. The van der Waals surface area contributed by atoms with E-state index in [0.29, 0.717) is 32.7 Å². The summed E-state index contributed by atoms with van der Waals surface area (Å²) < 4.78 is 5.53. The van der Waals surface area contributed by atoms with Crippen LogP contribution in [0.25, 0.3) is 16.0 Å². The summed E-state index contributed by atoms with van der Waals surface area (Å²) >= 11 is 2.46. The Morgan fingerprint density at radius 3 is 2.92 bits per heavy atom. The summed E-state index contributed by atoms with van der Waals surface area (Å²) in [5.74, 6) is 0.188. The van der Waals surface area contributed by atoms with Gasteiger partial charge in [-0.2, -0.15) is 0 Å². The Bertz CT molecular complexity index is 1200. The summed E-state index contributed by atoms with van der Waals surface area (Å²) in [6.45, 7) is 2.50. The Kier molecular flexibility index (Phi) is 4.00. The van der Waals surface area contributed by atoms with Gasteiger partial charge in [-0.3, -0.25) is 13.8 Å². The minimum atomic E-state index is -0.529. The third-order valence-electron chi connectivity index (χ3n) is 3.86. The van der Waals surface area contributed by atoms with Crippen LogP contribution in [0.4, 0.5) is 5.82 Å². The van der Waals surface area contributed by atoms with Crippen LogP contribution < -0.4 is 5.56 Å². The molecule has 0 saturated carbocycles. The molecule has 0 aliphatic heterocycles. The van der Waals surface area contributed by atoms with Crippen LogP contribution in [-0.2, 0) is 13.6 Å². The third kappa shape index (κ3) is 2.41. The van der Waals surface area contributed by atoms with E-state index in [2.05, 4.69) is 15.2 Å². The van der Waals surface area contributed by atoms with Crippen molar-refractivity contribution in [1.29, 1.82) is 0 Å². The van der Waals surface area contributed by atoms with Crippen LogP contribution in [-0.4, -0.2) is 33.6 Å². The molecule has 4 rings (SSSR count). The van der Waals surface area contributed by atoms with Gasteiger partial charge in [0.1, 0.15) is 4.70 Å². The standard InChI is InChI=1S/C14H13N7O3S2/c1-3-5-19-11(22)9-8(4-6-25-9)20-13(19)16-17-14(20)26-12-10(21(23)24)15-7-18(12)2/h4,6-7H,3,5H2,1-2H3. The normalized spacial score (nSPS) is 11.6. The topological polar surface area (TPSA) is 113 Å². The van der Waals surface area contributed by atoms with Crippen molar-refractivity contribution in [3.8, 4) is 0 Å². The minimum Gasteiger partial charge on any atom is -0.358 e. The van der Waals surface area contributed by atoms with E-state index < -0.39 is 4.92 Å². The molecule has 0 atom stereocenters. The zero-order valence-electron chi connectivity index (χ0n) is 13.8. The van der Waals surface area contributed by atoms with E-state index in [4.69, 9.17) is 0 Å². The molecule has 0 N–H and O–H groups in total. The lowest BCUT2D eigenvalue weighted by molar-refractivity contribution is -0.392. The van der Waals surface area contributed by atoms with Gasteiger partial charge in [0.2, 0.25) is 17.3 Å². The van der Waals surface area contributed by atoms with Crippen LogP contribution in [0.1, 0.15) is 13.3 Å². The monoisotopic (exact) mass is 391 g/mol. The molecule has 4 aromatic rings. The molecule has 4 aromatic heterocycles. The van der Waals surface area contributed by atoms with Gasteiger partial charge in [-0.15, -0.1) is 21.5 Å². The molecule has 0 aliphatic rings. The maximum atomic E-state index is 12.7. The number of hydrogen-bond acceptors (Lipinski definition) is 8. The molecule has 0 fully saturated rings. The van der Waals surface area contributed by atoms with Crippen molar-refractivity contribution in [2.45, 2.75) is 30.1 Å². The van der Waals surface area contributed by atoms with Gasteiger partial charge in [0, 0.05) is 13.6 Å². The average Bonchev–Trinajstić information content (AvgIpc) is 3.31. The van der Waals surface area contributed by atoms with Gasteiger partial charge in [-0.25, -0.2) is 0 Å². The second kappa shape index (κ2) is 6.21. The second-order valence-corrected chi connectivity index (χ2v) is 7.43. The first-order chi connectivity index (χ1) is 12.5. The van der Waals surface area contributed by atoms with Crippen molar-refractivity contribution in [3.05, 3.63) is 38.2 Å². The molecule has 26 heavy (non-hydrogen) atoms. The van der Waals surface area contributed by atoms with E-state index in [1.807, 2.05) is 18.4 Å². The smallest absolute Gasteiger partial charge is 0.358 e. The molecule has 0 aliphatic carbocycles. The Morgan fingerprint density at radius 2 is 2.19 bits per heavy atom. The first kappa shape index (κ1) is 16.7. The fraction of sp³-hybridized carbons (Fsp3) is 0.286. The van der Waals surface area contributed by atoms with E-state index in [1.165, 1.54) is 17.7 Å². The lowest BCUT2D eigenvalue weighted by Gasteiger charge is -2.08. The molecular formula is C14H13N7O3S2. The summed E-state index contributed by atoms with van der Waals surface area (Å²) in [7, 11) is 1.68. The van der Waals surface area contributed by atoms with Crippen molar-refractivity contribution in [2.75, 3.05) is 0 Å². The largest absolute Gasteiger partial charge is 0.396 e. The highest BCUT2D eigenvalue weighted by molar-refractivity contribution is 7.99. The lowest BCUT2D eigenvalue weighted by atomic mass is 10.4. The number of fused-ring (bicyclic) bond motifs is 3. The van der Waals surface area contributed by atoms with E-state index >= 15 is 0 Å². The second-order valence-electron chi connectivity index (χ2n) is 5.55. The molecule has 0 unspecified atom stereocenters. The highest BCUT2D eigenvalue weighted by Crippen LogP contribution is 2.34. The zero-order valence-corrected chi connectivity index (χ0v) is 15.5. The van der Waals surface area contributed by atoms with Crippen molar-refractivity contribution >= 4 is 44.9 Å². The van der Waals surface area contributed by atoms with Crippen LogP contribution in [0.5, 0.6) is 0 Å². The van der Waals surface area contributed by atoms with Crippen LogP contribution >= 0.6 is 23.1 Å². The lowest BCUT2D eigenvalue weighted by Crippen LogP contribution is -2.22. The van der Waals surface area contributed by atoms with Crippen LogP contribution in [0, 0.1) is 10.1 Å². The van der Waals surface area contributed by atoms with Crippen LogP contribution in [0.2, 0.25) is 0 Å². The van der Waals surface area contributed by atoms with E-state index in [1.54, 1.807) is 20.6 Å².